The molecule has 28 heavy (non-hydrogen) atoms. The van der Waals surface area contributed by atoms with Crippen molar-refractivity contribution in [2.75, 3.05) is 37.6 Å². The van der Waals surface area contributed by atoms with Gasteiger partial charge in [0.05, 0.1) is 0 Å². The van der Waals surface area contributed by atoms with Crippen LogP contribution >= 0.6 is 0 Å². The second-order valence-corrected chi connectivity index (χ2v) is 6.48. The number of rotatable bonds is 5. The molecule has 0 aromatic carbocycles. The van der Waals surface area contributed by atoms with Gasteiger partial charge < -0.3 is 15.1 Å². The lowest BCUT2D eigenvalue weighted by molar-refractivity contribution is 0.194. The van der Waals surface area contributed by atoms with Crippen LogP contribution in [0.25, 0.3) is 5.82 Å². The number of aromatic nitrogens is 5. The van der Waals surface area contributed by atoms with E-state index in [-0.39, 0.29) is 6.03 Å². The fourth-order valence-corrected chi connectivity index (χ4v) is 3.11. The highest BCUT2D eigenvalue weighted by Crippen LogP contribution is 2.14. The predicted molar refractivity (Wildman–Crippen MR) is 104 cm³/mol. The smallest absolute Gasteiger partial charge is 0.317 e. The van der Waals surface area contributed by atoms with E-state index in [4.69, 9.17) is 0 Å². The van der Waals surface area contributed by atoms with Gasteiger partial charge in [0, 0.05) is 63.4 Å². The van der Waals surface area contributed by atoms with Gasteiger partial charge in [-0.15, -0.1) is 10.2 Å². The Morgan fingerprint density at radius 2 is 1.79 bits per heavy atom. The first-order chi connectivity index (χ1) is 13.8. The zero-order valence-electron chi connectivity index (χ0n) is 15.5. The number of urea groups is 1. The molecule has 0 radical (unpaired) electrons. The topological polar surface area (TPSA) is 92.1 Å². The molecule has 9 heteroatoms. The van der Waals surface area contributed by atoms with Crippen molar-refractivity contribution in [1.82, 2.24) is 35.2 Å². The fraction of sp³-hybridized carbons (Fsp3) is 0.316. The molecule has 0 aliphatic carbocycles. The van der Waals surface area contributed by atoms with Gasteiger partial charge in [-0.05, 0) is 30.3 Å². The van der Waals surface area contributed by atoms with E-state index in [0.717, 1.165) is 31.0 Å². The monoisotopic (exact) mass is 378 g/mol. The Kier molecular flexibility index (Phi) is 5.41. The van der Waals surface area contributed by atoms with Crippen LogP contribution in [0.5, 0.6) is 0 Å². The quantitative estimate of drug-likeness (QED) is 0.716. The molecule has 0 spiro atoms. The summed E-state index contributed by atoms with van der Waals surface area (Å²) in [6, 6.07) is 11.4. The van der Waals surface area contributed by atoms with Crippen LogP contribution in [0.15, 0.2) is 55.0 Å². The van der Waals surface area contributed by atoms with Gasteiger partial charge >= 0.3 is 6.03 Å². The molecule has 3 aromatic heterocycles. The minimum atomic E-state index is -0.0318. The summed E-state index contributed by atoms with van der Waals surface area (Å²) in [4.78, 5) is 20.6. The fourth-order valence-electron chi connectivity index (χ4n) is 3.11. The number of pyridine rings is 1. The molecular formula is C19H22N8O. The van der Waals surface area contributed by atoms with Crippen molar-refractivity contribution in [2.24, 2.45) is 0 Å². The Hall–Kier alpha value is -3.49. The summed E-state index contributed by atoms with van der Waals surface area (Å²) in [6.45, 7) is 3.33. The maximum absolute atomic E-state index is 12.3. The number of anilines is 1. The van der Waals surface area contributed by atoms with Crippen LogP contribution in [0, 0.1) is 0 Å². The van der Waals surface area contributed by atoms with Crippen molar-refractivity contribution in [1.29, 1.82) is 0 Å². The van der Waals surface area contributed by atoms with E-state index >= 15 is 0 Å². The van der Waals surface area contributed by atoms with Gasteiger partial charge in [0.1, 0.15) is 0 Å². The number of carbonyl (C=O) groups excluding carboxylic acids is 1. The molecule has 2 amide bonds. The van der Waals surface area contributed by atoms with Crippen LogP contribution in [0.4, 0.5) is 10.6 Å². The SMILES string of the molecule is O=C(NCCc1ccccn1)N1CCN(c2ccc(-n3cccn3)nn2)CC1. The molecule has 1 aliphatic heterocycles. The van der Waals surface area contributed by atoms with Crippen LogP contribution < -0.4 is 10.2 Å². The second-order valence-electron chi connectivity index (χ2n) is 6.48. The van der Waals surface area contributed by atoms with E-state index in [0.29, 0.717) is 25.5 Å². The Balaban J connectivity index is 1.24. The number of nitrogens with one attached hydrogen (secondary N) is 1. The van der Waals surface area contributed by atoms with Crippen molar-refractivity contribution >= 4 is 11.8 Å². The zero-order valence-corrected chi connectivity index (χ0v) is 15.5. The molecule has 0 unspecified atom stereocenters. The number of amides is 2. The Morgan fingerprint density at radius 3 is 2.46 bits per heavy atom. The predicted octanol–water partition coefficient (Wildman–Crippen LogP) is 1.13. The Morgan fingerprint density at radius 1 is 0.964 bits per heavy atom. The van der Waals surface area contributed by atoms with Gasteiger partial charge in [-0.3, -0.25) is 4.98 Å². The molecule has 4 heterocycles. The summed E-state index contributed by atoms with van der Waals surface area (Å²) in [5.74, 6) is 1.49. The summed E-state index contributed by atoms with van der Waals surface area (Å²) >= 11 is 0. The normalized spacial score (nSPS) is 14.1. The number of carbonyl (C=O) groups is 1. The standard InChI is InChI=1S/C19H22N8O/c28-19(21-10-7-16-4-1-2-8-20-16)26-14-12-25(13-15-26)17-5-6-18(24-23-17)27-11-3-9-22-27/h1-6,8-9,11H,7,10,12-15H2,(H,21,28). The van der Waals surface area contributed by atoms with Crippen LogP contribution in [0.1, 0.15) is 5.69 Å². The largest absolute Gasteiger partial charge is 0.352 e. The molecule has 9 nitrogen and oxygen atoms in total. The van der Waals surface area contributed by atoms with E-state index in [1.54, 1.807) is 17.1 Å². The maximum Gasteiger partial charge on any atom is 0.317 e. The van der Waals surface area contributed by atoms with Crippen LogP contribution in [-0.2, 0) is 6.42 Å². The third kappa shape index (κ3) is 4.25. The molecule has 1 N–H and O–H groups in total. The van der Waals surface area contributed by atoms with Gasteiger partial charge in [-0.2, -0.15) is 5.10 Å². The van der Waals surface area contributed by atoms with E-state index in [1.165, 1.54) is 0 Å². The first kappa shape index (κ1) is 17.9. The first-order valence-electron chi connectivity index (χ1n) is 9.31. The minimum absolute atomic E-state index is 0.0318. The third-order valence-electron chi connectivity index (χ3n) is 4.65. The number of hydrogen-bond acceptors (Lipinski definition) is 6. The molecule has 1 saturated heterocycles. The highest BCUT2D eigenvalue weighted by atomic mass is 16.2. The van der Waals surface area contributed by atoms with Crippen LogP contribution in [0.3, 0.4) is 0 Å². The van der Waals surface area contributed by atoms with Crippen molar-refractivity contribution in [3.8, 4) is 5.82 Å². The minimum Gasteiger partial charge on any atom is -0.352 e. The highest BCUT2D eigenvalue weighted by molar-refractivity contribution is 5.74. The van der Waals surface area contributed by atoms with Crippen LogP contribution in [-0.4, -0.2) is 68.6 Å². The Bertz CT molecular complexity index is 874. The van der Waals surface area contributed by atoms with Crippen molar-refractivity contribution in [3.63, 3.8) is 0 Å². The van der Waals surface area contributed by atoms with E-state index in [9.17, 15) is 4.79 Å². The molecule has 3 aromatic rings. The Labute approximate surface area is 163 Å². The van der Waals surface area contributed by atoms with E-state index in [2.05, 4.69) is 30.5 Å². The van der Waals surface area contributed by atoms with E-state index in [1.807, 2.05) is 47.5 Å². The molecule has 0 bridgehead atoms. The van der Waals surface area contributed by atoms with Gasteiger partial charge in [0.25, 0.3) is 0 Å². The number of piperazine rings is 1. The molecular weight excluding hydrogens is 356 g/mol. The maximum atomic E-state index is 12.3. The van der Waals surface area contributed by atoms with Crippen molar-refractivity contribution < 1.29 is 4.79 Å². The van der Waals surface area contributed by atoms with Crippen LogP contribution in [0.2, 0.25) is 0 Å². The lowest BCUT2D eigenvalue weighted by Crippen LogP contribution is -2.52. The molecule has 0 atom stereocenters. The average molecular weight is 378 g/mol. The zero-order chi connectivity index (χ0) is 19.2. The first-order valence-corrected chi connectivity index (χ1v) is 9.31. The number of hydrogen-bond donors (Lipinski definition) is 1. The van der Waals surface area contributed by atoms with Gasteiger partial charge in [0.2, 0.25) is 0 Å². The lowest BCUT2D eigenvalue weighted by Gasteiger charge is -2.35. The van der Waals surface area contributed by atoms with E-state index < -0.39 is 0 Å². The third-order valence-corrected chi connectivity index (χ3v) is 4.65. The second kappa shape index (κ2) is 8.47. The summed E-state index contributed by atoms with van der Waals surface area (Å²) in [6.07, 6.45) is 6.02. The van der Waals surface area contributed by atoms with Crippen molar-refractivity contribution in [3.05, 3.63) is 60.7 Å². The molecule has 144 valence electrons. The molecule has 4 rings (SSSR count). The average Bonchev–Trinajstić information content (AvgIpc) is 3.30. The summed E-state index contributed by atoms with van der Waals surface area (Å²) < 4.78 is 1.67. The summed E-state index contributed by atoms with van der Waals surface area (Å²) in [5.41, 5.74) is 0.977. The number of nitrogens with zero attached hydrogens (tertiary/aromatic N) is 7. The van der Waals surface area contributed by atoms with Gasteiger partial charge in [-0.25, -0.2) is 9.48 Å². The molecule has 1 aliphatic rings. The summed E-state index contributed by atoms with van der Waals surface area (Å²) in [5, 5.41) is 15.6. The lowest BCUT2D eigenvalue weighted by atomic mass is 10.3. The molecule has 0 saturated carbocycles. The summed E-state index contributed by atoms with van der Waals surface area (Å²) in [7, 11) is 0. The van der Waals surface area contributed by atoms with Gasteiger partial charge in [-0.1, -0.05) is 6.07 Å². The highest BCUT2D eigenvalue weighted by Gasteiger charge is 2.22. The van der Waals surface area contributed by atoms with Gasteiger partial charge in [0.15, 0.2) is 11.6 Å². The molecule has 1 fully saturated rings. The van der Waals surface area contributed by atoms with Crippen molar-refractivity contribution in [2.45, 2.75) is 6.42 Å².